The maximum atomic E-state index is 12.9. The van der Waals surface area contributed by atoms with E-state index in [2.05, 4.69) is 17.2 Å². The molecule has 8 nitrogen and oxygen atoms in total. The fourth-order valence-electron chi connectivity index (χ4n) is 3.83. The van der Waals surface area contributed by atoms with E-state index in [9.17, 15) is 25.0 Å². The molecule has 1 unspecified atom stereocenters. The van der Waals surface area contributed by atoms with E-state index in [1.54, 1.807) is 43.3 Å². The van der Waals surface area contributed by atoms with Crippen LogP contribution in [0.15, 0.2) is 72.0 Å². The standard InChI is InChI=1S/C26H27N3O5/c1-16-15-21(30)13-14-22(16)26(2,33)23(25(32)29-34)28-24(31)19-9-5-17(6-10-19)3-4-18-7-11-20(27)12-8-18/h5-14,16,23,30,33-34H,15,27H2,1-2H3,(H,28,31)(H,29,32)/t16?,23-,26+/m1/s1. The van der Waals surface area contributed by atoms with Gasteiger partial charge in [-0.3, -0.25) is 14.8 Å². The lowest BCUT2D eigenvalue weighted by molar-refractivity contribution is -0.136. The van der Waals surface area contributed by atoms with Crippen molar-refractivity contribution < 1.29 is 25.0 Å². The summed E-state index contributed by atoms with van der Waals surface area (Å²) in [4.78, 5) is 25.2. The molecule has 176 valence electrons. The number of carbonyl (C=O) groups excluding carboxylic acids is 2. The van der Waals surface area contributed by atoms with Crippen LogP contribution < -0.4 is 16.5 Å². The number of benzene rings is 2. The number of nitrogens with two attached hydrogens (primary N) is 1. The summed E-state index contributed by atoms with van der Waals surface area (Å²) in [5.41, 5.74) is 8.15. The average molecular weight is 462 g/mol. The second-order valence-corrected chi connectivity index (χ2v) is 8.36. The molecule has 0 aliphatic heterocycles. The smallest absolute Gasteiger partial charge is 0.269 e. The number of nitrogens with one attached hydrogen (secondary N) is 2. The van der Waals surface area contributed by atoms with Crippen LogP contribution in [0.3, 0.4) is 0 Å². The quantitative estimate of drug-likeness (QED) is 0.175. The molecule has 2 aromatic rings. The van der Waals surface area contributed by atoms with Crippen molar-refractivity contribution in [2.45, 2.75) is 31.9 Å². The van der Waals surface area contributed by atoms with Crippen LogP contribution in [0.25, 0.3) is 0 Å². The summed E-state index contributed by atoms with van der Waals surface area (Å²) in [6, 6.07) is 12.1. The number of allylic oxidation sites excluding steroid dienone is 3. The van der Waals surface area contributed by atoms with Crippen LogP contribution in [0, 0.1) is 17.8 Å². The van der Waals surface area contributed by atoms with E-state index < -0.39 is 23.5 Å². The first-order valence-electron chi connectivity index (χ1n) is 10.7. The Bertz CT molecular complexity index is 1190. The lowest BCUT2D eigenvalue weighted by Crippen LogP contribution is -2.60. The van der Waals surface area contributed by atoms with Crippen LogP contribution >= 0.6 is 0 Å². The SMILES string of the molecule is CC1CC(O)=CC=C1[C@](C)(O)[C@H](NC(=O)c1ccc(C#Cc2ccc(N)cc2)cc1)C(=O)NO. The van der Waals surface area contributed by atoms with Crippen molar-refractivity contribution >= 4 is 17.5 Å². The summed E-state index contributed by atoms with van der Waals surface area (Å²) in [6.07, 6.45) is 3.23. The number of hydrogen-bond donors (Lipinski definition) is 6. The number of nitrogen functional groups attached to an aromatic ring is 1. The van der Waals surface area contributed by atoms with Gasteiger partial charge in [-0.15, -0.1) is 0 Å². The third-order valence-electron chi connectivity index (χ3n) is 5.70. The summed E-state index contributed by atoms with van der Waals surface area (Å²) in [5, 5.41) is 32.6. The van der Waals surface area contributed by atoms with Gasteiger partial charge in [0.25, 0.3) is 11.8 Å². The van der Waals surface area contributed by atoms with E-state index in [-0.39, 0.29) is 23.7 Å². The van der Waals surface area contributed by atoms with Gasteiger partial charge in [-0.05, 0) is 73.0 Å². The average Bonchev–Trinajstić information content (AvgIpc) is 2.81. The van der Waals surface area contributed by atoms with Crippen molar-refractivity contribution in [1.82, 2.24) is 10.8 Å². The van der Waals surface area contributed by atoms with E-state index in [1.165, 1.54) is 24.6 Å². The third-order valence-corrected chi connectivity index (χ3v) is 5.70. The molecule has 1 aliphatic rings. The second kappa shape index (κ2) is 10.3. The predicted molar refractivity (Wildman–Crippen MR) is 128 cm³/mol. The summed E-state index contributed by atoms with van der Waals surface area (Å²) in [6.45, 7) is 3.16. The van der Waals surface area contributed by atoms with E-state index in [1.807, 2.05) is 12.1 Å². The van der Waals surface area contributed by atoms with Gasteiger partial charge in [0.05, 0.1) is 5.76 Å². The van der Waals surface area contributed by atoms with Crippen molar-refractivity contribution in [3.8, 4) is 11.8 Å². The monoisotopic (exact) mass is 461 g/mol. The molecule has 8 heteroatoms. The Morgan fingerprint density at radius 1 is 1.06 bits per heavy atom. The lowest BCUT2D eigenvalue weighted by atomic mass is 9.77. The highest BCUT2D eigenvalue weighted by molar-refractivity contribution is 5.98. The molecule has 7 N–H and O–H groups in total. The topological polar surface area (TPSA) is 145 Å². The molecule has 1 aliphatic carbocycles. The molecule has 2 aromatic carbocycles. The summed E-state index contributed by atoms with van der Waals surface area (Å²) < 4.78 is 0. The molecule has 3 atom stereocenters. The summed E-state index contributed by atoms with van der Waals surface area (Å²) in [5.74, 6) is 4.28. The van der Waals surface area contributed by atoms with Gasteiger partial charge in [-0.25, -0.2) is 5.48 Å². The second-order valence-electron chi connectivity index (χ2n) is 8.36. The van der Waals surface area contributed by atoms with Gasteiger partial charge in [-0.2, -0.15) is 0 Å². The highest BCUT2D eigenvalue weighted by Gasteiger charge is 2.43. The first-order chi connectivity index (χ1) is 16.1. The molecule has 2 amide bonds. The molecule has 3 rings (SSSR count). The third kappa shape index (κ3) is 5.64. The molecule has 0 aromatic heterocycles. The number of carbonyl (C=O) groups is 2. The number of amides is 2. The van der Waals surface area contributed by atoms with Crippen molar-refractivity contribution in [3.63, 3.8) is 0 Å². The van der Waals surface area contributed by atoms with Gasteiger partial charge < -0.3 is 21.3 Å². The number of hydroxylamine groups is 1. The molecule has 0 fully saturated rings. The highest BCUT2D eigenvalue weighted by atomic mass is 16.5. The maximum absolute atomic E-state index is 12.9. The highest BCUT2D eigenvalue weighted by Crippen LogP contribution is 2.34. The number of hydrogen-bond acceptors (Lipinski definition) is 6. The Hall–Kier alpha value is -4.06. The lowest BCUT2D eigenvalue weighted by Gasteiger charge is -2.37. The van der Waals surface area contributed by atoms with Crippen LogP contribution in [0.4, 0.5) is 5.69 Å². The van der Waals surface area contributed by atoms with E-state index in [4.69, 9.17) is 5.73 Å². The van der Waals surface area contributed by atoms with E-state index in [0.717, 1.165) is 5.56 Å². The molecule has 0 radical (unpaired) electrons. The first kappa shape index (κ1) is 24.6. The number of rotatable bonds is 5. The van der Waals surface area contributed by atoms with Gasteiger partial charge in [0.2, 0.25) is 0 Å². The van der Waals surface area contributed by atoms with Crippen LogP contribution in [-0.4, -0.2) is 38.9 Å². The largest absolute Gasteiger partial charge is 0.512 e. The molecular weight excluding hydrogens is 434 g/mol. The zero-order valence-corrected chi connectivity index (χ0v) is 18.9. The van der Waals surface area contributed by atoms with Crippen molar-refractivity contribution in [2.24, 2.45) is 5.92 Å². The number of anilines is 1. The first-order valence-corrected chi connectivity index (χ1v) is 10.7. The van der Waals surface area contributed by atoms with E-state index in [0.29, 0.717) is 16.8 Å². The molecular formula is C26H27N3O5. The van der Waals surface area contributed by atoms with Crippen LogP contribution in [0.1, 0.15) is 41.8 Å². The predicted octanol–water partition coefficient (Wildman–Crippen LogP) is 2.43. The fraction of sp³-hybridized carbons (Fsp3) is 0.231. The Kier molecular flexibility index (Phi) is 7.41. The molecule has 0 saturated carbocycles. The molecule has 0 heterocycles. The maximum Gasteiger partial charge on any atom is 0.269 e. The molecule has 0 bridgehead atoms. The van der Waals surface area contributed by atoms with Crippen LogP contribution in [0.5, 0.6) is 0 Å². The molecule has 0 saturated heterocycles. The van der Waals surface area contributed by atoms with Crippen LogP contribution in [0.2, 0.25) is 0 Å². The Labute approximate surface area is 197 Å². The van der Waals surface area contributed by atoms with Crippen LogP contribution in [-0.2, 0) is 4.79 Å². The fourth-order valence-corrected chi connectivity index (χ4v) is 3.83. The normalized spacial score (nSPS) is 17.7. The van der Waals surface area contributed by atoms with Gasteiger partial charge in [0, 0.05) is 28.8 Å². The van der Waals surface area contributed by atoms with Gasteiger partial charge in [-0.1, -0.05) is 24.8 Å². The summed E-state index contributed by atoms with van der Waals surface area (Å²) in [7, 11) is 0. The minimum atomic E-state index is -1.83. The number of aliphatic hydroxyl groups excluding tert-OH is 1. The minimum Gasteiger partial charge on any atom is -0.512 e. The van der Waals surface area contributed by atoms with Crippen molar-refractivity contribution in [1.29, 1.82) is 0 Å². The van der Waals surface area contributed by atoms with E-state index >= 15 is 0 Å². The molecule has 34 heavy (non-hydrogen) atoms. The summed E-state index contributed by atoms with van der Waals surface area (Å²) >= 11 is 0. The Morgan fingerprint density at radius 3 is 2.15 bits per heavy atom. The van der Waals surface area contributed by atoms with Gasteiger partial charge in [0.1, 0.15) is 11.6 Å². The van der Waals surface area contributed by atoms with Crippen molar-refractivity contribution in [2.75, 3.05) is 5.73 Å². The zero-order valence-electron chi connectivity index (χ0n) is 18.9. The number of aliphatic hydroxyl groups is 2. The Balaban J connectivity index is 1.78. The van der Waals surface area contributed by atoms with Crippen molar-refractivity contribution in [3.05, 3.63) is 88.7 Å². The zero-order chi connectivity index (χ0) is 24.9. The Morgan fingerprint density at radius 2 is 1.62 bits per heavy atom. The van der Waals surface area contributed by atoms with Gasteiger partial charge in [0.15, 0.2) is 0 Å². The minimum absolute atomic E-state index is 0.152. The molecule has 0 spiro atoms. The van der Waals surface area contributed by atoms with Gasteiger partial charge >= 0.3 is 0 Å².